The molecule has 0 radical (unpaired) electrons. The van der Waals surface area contributed by atoms with Crippen molar-refractivity contribution in [2.24, 2.45) is 0 Å². The van der Waals surface area contributed by atoms with Crippen LogP contribution in [0.15, 0.2) is 48.5 Å². The number of nitrogens with one attached hydrogen (secondary N) is 1. The number of rotatable bonds is 3. The standard InChI is InChI=1S/C16H16INO/c1-11(2)14-5-3-4-6-15(14)18-16(19)12-7-9-13(17)10-8-12/h3-11H,1-2H3,(H,18,19). The van der Waals surface area contributed by atoms with Crippen LogP contribution in [0.4, 0.5) is 5.69 Å². The predicted octanol–water partition coefficient (Wildman–Crippen LogP) is 4.67. The van der Waals surface area contributed by atoms with Crippen molar-refractivity contribution in [1.82, 2.24) is 0 Å². The summed E-state index contributed by atoms with van der Waals surface area (Å²) in [6.07, 6.45) is 0. The fourth-order valence-electron chi connectivity index (χ4n) is 1.91. The fourth-order valence-corrected chi connectivity index (χ4v) is 2.27. The van der Waals surface area contributed by atoms with Gasteiger partial charge in [-0.25, -0.2) is 0 Å². The molecule has 0 saturated heterocycles. The second kappa shape index (κ2) is 6.19. The molecule has 0 atom stereocenters. The van der Waals surface area contributed by atoms with E-state index < -0.39 is 0 Å². The molecule has 1 N–H and O–H groups in total. The van der Waals surface area contributed by atoms with Crippen LogP contribution < -0.4 is 5.32 Å². The van der Waals surface area contributed by atoms with Gasteiger partial charge in [0.25, 0.3) is 5.91 Å². The van der Waals surface area contributed by atoms with Crippen molar-refractivity contribution in [3.8, 4) is 0 Å². The lowest BCUT2D eigenvalue weighted by Gasteiger charge is -2.13. The number of benzene rings is 2. The highest BCUT2D eigenvalue weighted by atomic mass is 127. The lowest BCUT2D eigenvalue weighted by atomic mass is 10.0. The zero-order chi connectivity index (χ0) is 13.8. The Bertz CT molecular complexity index is 576. The van der Waals surface area contributed by atoms with Gasteiger partial charge in [-0.3, -0.25) is 4.79 Å². The maximum Gasteiger partial charge on any atom is 0.255 e. The molecular formula is C16H16INO. The van der Waals surface area contributed by atoms with Crippen molar-refractivity contribution in [2.75, 3.05) is 5.32 Å². The number of amides is 1. The molecule has 0 heterocycles. The number of halogens is 1. The molecule has 2 aromatic carbocycles. The molecule has 19 heavy (non-hydrogen) atoms. The van der Waals surface area contributed by atoms with Gasteiger partial charge in [-0.1, -0.05) is 32.0 Å². The lowest BCUT2D eigenvalue weighted by molar-refractivity contribution is 0.102. The minimum Gasteiger partial charge on any atom is -0.322 e. The van der Waals surface area contributed by atoms with E-state index in [0.29, 0.717) is 11.5 Å². The normalized spacial score (nSPS) is 10.5. The van der Waals surface area contributed by atoms with E-state index in [1.54, 1.807) is 0 Å². The smallest absolute Gasteiger partial charge is 0.255 e. The molecule has 0 aliphatic heterocycles. The van der Waals surface area contributed by atoms with Gasteiger partial charge in [0.15, 0.2) is 0 Å². The Morgan fingerprint density at radius 2 is 1.68 bits per heavy atom. The van der Waals surface area contributed by atoms with Crippen LogP contribution in [0, 0.1) is 3.57 Å². The van der Waals surface area contributed by atoms with Gasteiger partial charge in [0.05, 0.1) is 0 Å². The Morgan fingerprint density at radius 1 is 1.05 bits per heavy atom. The van der Waals surface area contributed by atoms with Crippen LogP contribution in [-0.2, 0) is 0 Å². The number of anilines is 1. The van der Waals surface area contributed by atoms with Gasteiger partial charge >= 0.3 is 0 Å². The first-order chi connectivity index (χ1) is 9.08. The molecule has 0 aliphatic carbocycles. The molecule has 0 saturated carbocycles. The van der Waals surface area contributed by atoms with Gasteiger partial charge in [0.1, 0.15) is 0 Å². The van der Waals surface area contributed by atoms with Crippen molar-refractivity contribution in [1.29, 1.82) is 0 Å². The van der Waals surface area contributed by atoms with Crippen molar-refractivity contribution >= 4 is 34.2 Å². The van der Waals surface area contributed by atoms with E-state index in [1.807, 2.05) is 48.5 Å². The van der Waals surface area contributed by atoms with Crippen molar-refractivity contribution < 1.29 is 4.79 Å². The molecule has 0 aromatic heterocycles. The van der Waals surface area contributed by atoms with Gasteiger partial charge in [0.2, 0.25) is 0 Å². The van der Waals surface area contributed by atoms with Crippen LogP contribution in [0.5, 0.6) is 0 Å². The molecule has 2 rings (SSSR count). The molecular weight excluding hydrogens is 349 g/mol. The second-order valence-corrected chi connectivity index (χ2v) is 5.95. The number of hydrogen-bond donors (Lipinski definition) is 1. The van der Waals surface area contributed by atoms with Crippen LogP contribution in [0.3, 0.4) is 0 Å². The molecule has 0 unspecified atom stereocenters. The average molecular weight is 365 g/mol. The van der Waals surface area contributed by atoms with E-state index >= 15 is 0 Å². The van der Waals surface area contributed by atoms with Crippen molar-refractivity contribution in [3.63, 3.8) is 0 Å². The van der Waals surface area contributed by atoms with Gasteiger partial charge in [0, 0.05) is 14.8 Å². The quantitative estimate of drug-likeness (QED) is 0.788. The zero-order valence-electron chi connectivity index (χ0n) is 11.0. The van der Waals surface area contributed by atoms with E-state index in [0.717, 1.165) is 14.8 Å². The summed E-state index contributed by atoms with van der Waals surface area (Å²) in [6.45, 7) is 4.24. The highest BCUT2D eigenvalue weighted by Crippen LogP contribution is 2.24. The summed E-state index contributed by atoms with van der Waals surface area (Å²) in [4.78, 5) is 12.2. The Kier molecular flexibility index (Phi) is 4.58. The average Bonchev–Trinajstić information content (AvgIpc) is 2.39. The summed E-state index contributed by atoms with van der Waals surface area (Å²) < 4.78 is 1.12. The van der Waals surface area contributed by atoms with Crippen LogP contribution in [-0.4, -0.2) is 5.91 Å². The highest BCUT2D eigenvalue weighted by Gasteiger charge is 2.10. The van der Waals surface area contributed by atoms with Gasteiger partial charge < -0.3 is 5.32 Å². The maximum atomic E-state index is 12.2. The Labute approximate surface area is 127 Å². The van der Waals surface area contributed by atoms with Crippen LogP contribution >= 0.6 is 22.6 Å². The molecule has 0 fully saturated rings. The largest absolute Gasteiger partial charge is 0.322 e. The van der Waals surface area contributed by atoms with E-state index in [1.165, 1.54) is 0 Å². The van der Waals surface area contributed by atoms with E-state index in [-0.39, 0.29) is 5.91 Å². The van der Waals surface area contributed by atoms with Crippen molar-refractivity contribution in [2.45, 2.75) is 19.8 Å². The Hall–Kier alpha value is -1.36. The number of carbonyl (C=O) groups excluding carboxylic acids is 1. The number of para-hydroxylation sites is 1. The maximum absolute atomic E-state index is 12.2. The third-order valence-electron chi connectivity index (χ3n) is 2.94. The summed E-state index contributed by atoms with van der Waals surface area (Å²) in [5.74, 6) is 0.317. The predicted molar refractivity (Wildman–Crippen MR) is 87.6 cm³/mol. The fraction of sp³-hybridized carbons (Fsp3) is 0.188. The van der Waals surface area contributed by atoms with Crippen LogP contribution in [0.25, 0.3) is 0 Å². The first-order valence-electron chi connectivity index (χ1n) is 6.24. The van der Waals surface area contributed by atoms with Gasteiger partial charge in [-0.15, -0.1) is 0 Å². The summed E-state index contributed by atoms with van der Waals surface area (Å²) in [7, 11) is 0. The van der Waals surface area contributed by atoms with E-state index in [9.17, 15) is 4.79 Å². The first-order valence-corrected chi connectivity index (χ1v) is 7.31. The third kappa shape index (κ3) is 3.56. The molecule has 0 spiro atoms. The van der Waals surface area contributed by atoms with Crippen molar-refractivity contribution in [3.05, 3.63) is 63.2 Å². The van der Waals surface area contributed by atoms with E-state index in [2.05, 4.69) is 41.8 Å². The molecule has 0 bridgehead atoms. The molecule has 1 amide bonds. The summed E-state index contributed by atoms with van der Waals surface area (Å²) in [5, 5.41) is 2.99. The SMILES string of the molecule is CC(C)c1ccccc1NC(=O)c1ccc(I)cc1. The Morgan fingerprint density at radius 3 is 2.32 bits per heavy atom. The third-order valence-corrected chi connectivity index (χ3v) is 3.66. The number of carbonyl (C=O) groups is 1. The first kappa shape index (κ1) is 14.1. The molecule has 98 valence electrons. The van der Waals surface area contributed by atoms with Gasteiger partial charge in [-0.05, 0) is 64.4 Å². The molecule has 3 heteroatoms. The number of hydrogen-bond acceptors (Lipinski definition) is 1. The summed E-state index contributed by atoms with van der Waals surface area (Å²) in [5.41, 5.74) is 2.72. The summed E-state index contributed by atoms with van der Waals surface area (Å²) >= 11 is 2.23. The second-order valence-electron chi connectivity index (χ2n) is 4.70. The zero-order valence-corrected chi connectivity index (χ0v) is 13.1. The van der Waals surface area contributed by atoms with Gasteiger partial charge in [-0.2, -0.15) is 0 Å². The lowest BCUT2D eigenvalue weighted by Crippen LogP contribution is -2.13. The molecule has 0 aliphatic rings. The minimum atomic E-state index is -0.0653. The van der Waals surface area contributed by atoms with Crippen LogP contribution in [0.1, 0.15) is 35.7 Å². The topological polar surface area (TPSA) is 29.1 Å². The van der Waals surface area contributed by atoms with E-state index in [4.69, 9.17) is 0 Å². The molecule has 2 nitrogen and oxygen atoms in total. The Balaban J connectivity index is 2.22. The minimum absolute atomic E-state index is 0.0653. The highest BCUT2D eigenvalue weighted by molar-refractivity contribution is 14.1. The molecule has 2 aromatic rings. The van der Waals surface area contributed by atoms with Crippen LogP contribution in [0.2, 0.25) is 0 Å². The summed E-state index contributed by atoms with van der Waals surface area (Å²) in [6, 6.07) is 15.5. The monoisotopic (exact) mass is 365 g/mol.